The van der Waals surface area contributed by atoms with Crippen molar-refractivity contribution < 1.29 is 14.1 Å². The van der Waals surface area contributed by atoms with E-state index in [0.717, 1.165) is 0 Å². The van der Waals surface area contributed by atoms with Crippen LogP contribution in [0.1, 0.15) is 5.56 Å². The number of benzene rings is 2. The van der Waals surface area contributed by atoms with Crippen molar-refractivity contribution in [3.63, 3.8) is 0 Å². The van der Waals surface area contributed by atoms with Gasteiger partial charge in [-0.1, -0.05) is 29.5 Å². The summed E-state index contributed by atoms with van der Waals surface area (Å²) in [5.74, 6) is -0.829. The van der Waals surface area contributed by atoms with Crippen LogP contribution in [0.3, 0.4) is 0 Å². The standard InChI is InChI=1S/C21H16FN5O3S/c22-17-6-2-7-18-20(17)24-21(31-18)26(13-12-25-11-3-10-23-25)19(28)9-8-15-4-1-5-16(14-15)27(29)30/h1-11,14H,12-13H2/b9-8+. The van der Waals surface area contributed by atoms with Gasteiger partial charge in [-0.3, -0.25) is 24.5 Å². The zero-order valence-electron chi connectivity index (χ0n) is 16.1. The molecule has 0 radical (unpaired) electrons. The monoisotopic (exact) mass is 437 g/mol. The van der Waals surface area contributed by atoms with Crippen molar-refractivity contribution >= 4 is 44.4 Å². The van der Waals surface area contributed by atoms with Crippen molar-refractivity contribution in [2.24, 2.45) is 0 Å². The van der Waals surface area contributed by atoms with Gasteiger partial charge in [-0.15, -0.1) is 0 Å². The average Bonchev–Trinajstić information content (AvgIpc) is 3.43. The molecular formula is C21H16FN5O3S. The summed E-state index contributed by atoms with van der Waals surface area (Å²) in [5.41, 5.74) is 0.666. The predicted molar refractivity (Wildman–Crippen MR) is 116 cm³/mol. The number of thiazole rings is 1. The number of nitrogens with zero attached hydrogens (tertiary/aromatic N) is 5. The summed E-state index contributed by atoms with van der Waals surface area (Å²) in [6.07, 6.45) is 6.25. The van der Waals surface area contributed by atoms with Gasteiger partial charge in [-0.2, -0.15) is 5.10 Å². The molecule has 8 nitrogen and oxygen atoms in total. The van der Waals surface area contributed by atoms with Gasteiger partial charge in [0, 0.05) is 37.1 Å². The first kappa shape index (κ1) is 20.4. The van der Waals surface area contributed by atoms with Crippen LogP contribution in [0.5, 0.6) is 0 Å². The van der Waals surface area contributed by atoms with Crippen LogP contribution >= 0.6 is 11.3 Å². The Balaban J connectivity index is 1.62. The Morgan fingerprint density at radius 3 is 2.84 bits per heavy atom. The Labute approximate surface area is 180 Å². The van der Waals surface area contributed by atoms with Gasteiger partial charge in [0.2, 0.25) is 0 Å². The number of non-ortho nitro benzene ring substituents is 1. The molecule has 10 heteroatoms. The van der Waals surface area contributed by atoms with Crippen molar-refractivity contribution in [1.82, 2.24) is 14.8 Å². The number of aromatic nitrogens is 3. The molecule has 4 rings (SSSR count). The van der Waals surface area contributed by atoms with E-state index >= 15 is 0 Å². The van der Waals surface area contributed by atoms with E-state index in [1.165, 1.54) is 46.6 Å². The lowest BCUT2D eigenvalue weighted by Crippen LogP contribution is -2.32. The number of halogens is 1. The molecule has 156 valence electrons. The molecule has 0 aliphatic rings. The van der Waals surface area contributed by atoms with Crippen LogP contribution in [-0.2, 0) is 11.3 Å². The molecule has 0 bridgehead atoms. The number of nitro benzene ring substituents is 1. The van der Waals surface area contributed by atoms with Gasteiger partial charge in [-0.05, 0) is 29.8 Å². The molecule has 0 spiro atoms. The number of rotatable bonds is 7. The smallest absolute Gasteiger partial charge is 0.270 e. The molecule has 0 fully saturated rings. The van der Waals surface area contributed by atoms with Crippen molar-refractivity contribution in [2.75, 3.05) is 11.4 Å². The van der Waals surface area contributed by atoms with Crippen molar-refractivity contribution in [2.45, 2.75) is 6.54 Å². The van der Waals surface area contributed by atoms with Crippen molar-refractivity contribution in [3.05, 3.63) is 88.5 Å². The molecule has 1 amide bonds. The highest BCUT2D eigenvalue weighted by molar-refractivity contribution is 7.22. The molecule has 0 unspecified atom stereocenters. The van der Waals surface area contributed by atoms with Gasteiger partial charge < -0.3 is 0 Å². The van der Waals surface area contributed by atoms with Gasteiger partial charge in [-0.25, -0.2) is 9.37 Å². The maximum atomic E-state index is 14.1. The second kappa shape index (κ2) is 8.84. The van der Waals surface area contributed by atoms with Gasteiger partial charge in [0.1, 0.15) is 11.3 Å². The summed E-state index contributed by atoms with van der Waals surface area (Å²) < 4.78 is 16.4. The lowest BCUT2D eigenvalue weighted by atomic mass is 10.2. The molecule has 4 aromatic rings. The number of amides is 1. The highest BCUT2D eigenvalue weighted by Crippen LogP contribution is 2.30. The van der Waals surface area contributed by atoms with Crippen LogP contribution in [0.4, 0.5) is 15.2 Å². The van der Waals surface area contributed by atoms with E-state index in [9.17, 15) is 19.3 Å². The zero-order chi connectivity index (χ0) is 21.8. The topological polar surface area (TPSA) is 94.2 Å². The number of hydrogen-bond acceptors (Lipinski definition) is 6. The van der Waals surface area contributed by atoms with Crippen LogP contribution in [0.15, 0.2) is 67.0 Å². The molecule has 2 heterocycles. The van der Waals surface area contributed by atoms with E-state index in [4.69, 9.17) is 0 Å². The Hall–Kier alpha value is -3.92. The molecule has 0 N–H and O–H groups in total. The summed E-state index contributed by atoms with van der Waals surface area (Å²) >= 11 is 1.21. The maximum absolute atomic E-state index is 14.1. The number of fused-ring (bicyclic) bond motifs is 1. The molecule has 0 atom stereocenters. The minimum Gasteiger partial charge on any atom is -0.283 e. The number of nitro groups is 1. The van der Waals surface area contributed by atoms with Gasteiger partial charge in [0.15, 0.2) is 5.13 Å². The fraction of sp³-hybridized carbons (Fsp3) is 0.0952. The molecule has 31 heavy (non-hydrogen) atoms. The van der Waals surface area contributed by atoms with E-state index in [1.807, 2.05) is 0 Å². The third kappa shape index (κ3) is 4.64. The van der Waals surface area contributed by atoms with E-state index in [-0.39, 0.29) is 23.7 Å². The molecule has 0 saturated heterocycles. The normalized spacial score (nSPS) is 11.3. The summed E-state index contributed by atoms with van der Waals surface area (Å²) in [7, 11) is 0. The lowest BCUT2D eigenvalue weighted by Gasteiger charge is -2.18. The van der Waals surface area contributed by atoms with Crippen molar-refractivity contribution in [3.8, 4) is 0 Å². The van der Waals surface area contributed by atoms with Crippen LogP contribution in [0.25, 0.3) is 16.3 Å². The second-order valence-corrected chi connectivity index (χ2v) is 7.54. The first-order valence-corrected chi connectivity index (χ1v) is 10.1. The summed E-state index contributed by atoms with van der Waals surface area (Å²) in [6, 6.07) is 12.4. The highest BCUT2D eigenvalue weighted by Gasteiger charge is 2.19. The molecule has 0 aliphatic heterocycles. The third-order valence-corrected chi connectivity index (χ3v) is 5.51. The van der Waals surface area contributed by atoms with E-state index < -0.39 is 10.7 Å². The Morgan fingerprint density at radius 2 is 2.10 bits per heavy atom. The molecule has 0 aliphatic carbocycles. The first-order chi connectivity index (χ1) is 15.0. The maximum Gasteiger partial charge on any atom is 0.270 e. The van der Waals surface area contributed by atoms with E-state index in [2.05, 4.69) is 10.1 Å². The van der Waals surface area contributed by atoms with Crippen LogP contribution in [-0.4, -0.2) is 32.1 Å². The van der Waals surface area contributed by atoms with Crippen LogP contribution < -0.4 is 4.90 Å². The minimum absolute atomic E-state index is 0.0632. The van der Waals surface area contributed by atoms with Crippen molar-refractivity contribution in [1.29, 1.82) is 0 Å². The number of para-hydroxylation sites is 1. The summed E-state index contributed by atoms with van der Waals surface area (Å²) in [6.45, 7) is 0.684. The third-order valence-electron chi connectivity index (χ3n) is 4.47. The van der Waals surface area contributed by atoms with E-state index in [1.54, 1.807) is 47.4 Å². The van der Waals surface area contributed by atoms with Crippen LogP contribution in [0.2, 0.25) is 0 Å². The van der Waals surface area contributed by atoms with Gasteiger partial charge in [0.25, 0.3) is 11.6 Å². The predicted octanol–water partition coefficient (Wildman–Crippen LogP) is 4.29. The van der Waals surface area contributed by atoms with Gasteiger partial charge >= 0.3 is 0 Å². The largest absolute Gasteiger partial charge is 0.283 e. The fourth-order valence-corrected chi connectivity index (χ4v) is 3.96. The Kier molecular flexibility index (Phi) is 5.80. The fourth-order valence-electron chi connectivity index (χ4n) is 2.95. The molecular weight excluding hydrogens is 421 g/mol. The van der Waals surface area contributed by atoms with Gasteiger partial charge in [0.05, 0.1) is 16.2 Å². The minimum atomic E-state index is -0.495. The zero-order valence-corrected chi connectivity index (χ0v) is 16.9. The summed E-state index contributed by atoms with van der Waals surface area (Å²) in [4.78, 5) is 29.2. The number of anilines is 1. The average molecular weight is 437 g/mol. The Morgan fingerprint density at radius 1 is 1.26 bits per heavy atom. The second-order valence-electron chi connectivity index (χ2n) is 6.53. The molecule has 2 aromatic heterocycles. The van der Waals surface area contributed by atoms with E-state index in [0.29, 0.717) is 21.9 Å². The number of carbonyl (C=O) groups excluding carboxylic acids is 1. The quantitative estimate of drug-likeness (QED) is 0.244. The number of carbonyl (C=O) groups is 1. The first-order valence-electron chi connectivity index (χ1n) is 9.28. The lowest BCUT2D eigenvalue weighted by molar-refractivity contribution is -0.384. The summed E-state index contributed by atoms with van der Waals surface area (Å²) in [5, 5.41) is 15.5. The number of hydrogen-bond donors (Lipinski definition) is 0. The van der Waals surface area contributed by atoms with Crippen LogP contribution in [0, 0.1) is 15.9 Å². The molecule has 0 saturated carbocycles. The highest BCUT2D eigenvalue weighted by atomic mass is 32.1. The SMILES string of the molecule is O=C(/C=C/c1cccc([N+](=O)[O-])c1)N(CCn1cccn1)c1nc2c(F)cccc2s1. The Bertz CT molecular complexity index is 1270. The molecule has 2 aromatic carbocycles.